The van der Waals surface area contributed by atoms with Gasteiger partial charge in [0.15, 0.2) is 6.61 Å². The number of nitrogens with zero attached hydrogens (tertiary/aromatic N) is 3. The first-order valence-electron chi connectivity index (χ1n) is 11.5. The van der Waals surface area contributed by atoms with Gasteiger partial charge in [0, 0.05) is 11.1 Å². The van der Waals surface area contributed by atoms with Crippen molar-refractivity contribution in [2.45, 2.75) is 39.5 Å². The Morgan fingerprint density at radius 2 is 1.74 bits per heavy atom. The molecule has 7 heteroatoms. The number of hydrogen-bond acceptors (Lipinski definition) is 5. The van der Waals surface area contributed by atoms with Crippen LogP contribution in [-0.4, -0.2) is 33.2 Å². The summed E-state index contributed by atoms with van der Waals surface area (Å²) in [6, 6.07) is 17.3. The maximum absolute atomic E-state index is 13.2. The fourth-order valence-electron chi connectivity index (χ4n) is 4.63. The van der Waals surface area contributed by atoms with Crippen molar-refractivity contribution in [3.63, 3.8) is 0 Å². The van der Waals surface area contributed by atoms with Gasteiger partial charge >= 0.3 is 5.97 Å². The van der Waals surface area contributed by atoms with Gasteiger partial charge in [0.2, 0.25) is 0 Å². The van der Waals surface area contributed by atoms with Crippen molar-refractivity contribution in [1.82, 2.24) is 14.8 Å². The number of carbonyl (C=O) groups excluding carboxylic acids is 2. The van der Waals surface area contributed by atoms with E-state index >= 15 is 0 Å². The summed E-state index contributed by atoms with van der Waals surface area (Å²) < 4.78 is 7.29. The molecule has 2 aromatic carbocycles. The smallest absolute Gasteiger partial charge is 0.339 e. The summed E-state index contributed by atoms with van der Waals surface area (Å²) in [6.45, 7) is 3.35. The van der Waals surface area contributed by atoms with E-state index in [1.807, 2.05) is 68.4 Å². The van der Waals surface area contributed by atoms with Crippen molar-refractivity contribution in [3.05, 3.63) is 82.8 Å². The topological polar surface area (TPSA) is 86.1 Å². The Bertz CT molecular complexity index is 1390. The Labute approximate surface area is 197 Å². The van der Waals surface area contributed by atoms with Crippen LogP contribution in [0.3, 0.4) is 0 Å². The van der Waals surface area contributed by atoms with Crippen LogP contribution in [0.25, 0.3) is 16.6 Å². The molecule has 0 spiro atoms. The molecule has 4 aromatic rings. The molecule has 1 amide bonds. The molecule has 1 aliphatic carbocycles. The van der Waals surface area contributed by atoms with Gasteiger partial charge in [0.25, 0.3) is 5.91 Å². The average molecular weight is 455 g/mol. The van der Waals surface area contributed by atoms with Gasteiger partial charge in [-0.1, -0.05) is 36.4 Å². The third-order valence-electron chi connectivity index (χ3n) is 6.26. The number of aryl methyl sites for hydroxylation is 2. The predicted octanol–water partition coefficient (Wildman–Crippen LogP) is 4.71. The molecular formula is C27H26N4O3. The third-order valence-corrected chi connectivity index (χ3v) is 6.26. The monoisotopic (exact) mass is 454 g/mol. The van der Waals surface area contributed by atoms with Crippen molar-refractivity contribution in [2.24, 2.45) is 0 Å². The normalized spacial score (nSPS) is 12.9. The Morgan fingerprint density at radius 3 is 2.56 bits per heavy atom. The molecule has 0 aliphatic heterocycles. The number of anilines is 1. The zero-order chi connectivity index (χ0) is 23.7. The molecular weight excluding hydrogens is 428 g/mol. The zero-order valence-corrected chi connectivity index (χ0v) is 19.3. The van der Waals surface area contributed by atoms with Crippen LogP contribution in [0.15, 0.2) is 54.6 Å². The van der Waals surface area contributed by atoms with Crippen LogP contribution in [0.4, 0.5) is 5.69 Å². The van der Waals surface area contributed by atoms with Crippen LogP contribution in [0.5, 0.6) is 0 Å². The van der Waals surface area contributed by atoms with E-state index in [0.29, 0.717) is 16.9 Å². The first-order chi connectivity index (χ1) is 16.5. The number of esters is 1. The van der Waals surface area contributed by atoms with Crippen molar-refractivity contribution >= 4 is 28.5 Å². The molecule has 0 fully saturated rings. The van der Waals surface area contributed by atoms with Crippen molar-refractivity contribution in [3.8, 4) is 5.69 Å². The van der Waals surface area contributed by atoms with E-state index in [9.17, 15) is 9.59 Å². The zero-order valence-electron chi connectivity index (χ0n) is 19.3. The molecule has 172 valence electrons. The summed E-state index contributed by atoms with van der Waals surface area (Å²) in [5.74, 6) is -0.889. The van der Waals surface area contributed by atoms with Gasteiger partial charge in [-0.2, -0.15) is 5.10 Å². The molecule has 0 saturated heterocycles. The number of hydrogen-bond donors (Lipinski definition) is 1. The molecule has 34 heavy (non-hydrogen) atoms. The highest BCUT2D eigenvalue weighted by Crippen LogP contribution is 2.30. The molecule has 5 rings (SSSR count). The molecule has 0 unspecified atom stereocenters. The Morgan fingerprint density at radius 1 is 1.00 bits per heavy atom. The summed E-state index contributed by atoms with van der Waals surface area (Å²) in [7, 11) is 0. The van der Waals surface area contributed by atoms with Crippen LogP contribution in [0.2, 0.25) is 0 Å². The van der Waals surface area contributed by atoms with Gasteiger partial charge in [-0.3, -0.25) is 9.78 Å². The third kappa shape index (κ3) is 4.05. The van der Waals surface area contributed by atoms with Gasteiger partial charge < -0.3 is 10.1 Å². The van der Waals surface area contributed by atoms with Crippen molar-refractivity contribution in [1.29, 1.82) is 0 Å². The van der Waals surface area contributed by atoms with Gasteiger partial charge in [-0.05, 0) is 63.3 Å². The Balaban J connectivity index is 1.34. The molecule has 1 N–H and O–H groups in total. The largest absolute Gasteiger partial charge is 0.452 e. The first-order valence-corrected chi connectivity index (χ1v) is 11.5. The highest BCUT2D eigenvalue weighted by atomic mass is 16.5. The number of benzene rings is 2. The Kier molecular flexibility index (Phi) is 5.84. The number of carbonyl (C=O) groups is 2. The number of ether oxygens (including phenoxy) is 1. The van der Waals surface area contributed by atoms with E-state index in [-0.39, 0.29) is 6.61 Å². The van der Waals surface area contributed by atoms with Crippen LogP contribution in [0, 0.1) is 13.8 Å². The number of pyridine rings is 1. The molecule has 0 saturated carbocycles. The van der Waals surface area contributed by atoms with E-state index in [1.54, 1.807) is 4.68 Å². The second-order valence-corrected chi connectivity index (χ2v) is 8.55. The van der Waals surface area contributed by atoms with Crippen molar-refractivity contribution in [2.75, 3.05) is 11.9 Å². The minimum Gasteiger partial charge on any atom is -0.452 e. The Hall–Kier alpha value is -4.00. The van der Waals surface area contributed by atoms with E-state index in [0.717, 1.165) is 59.2 Å². The summed E-state index contributed by atoms with van der Waals surface area (Å²) in [4.78, 5) is 30.6. The SMILES string of the molecule is Cc1nn(-c2ccccc2)c(C)c1NC(=O)COC(=O)c1c2c(nc3ccccc13)CCCC2. The molecule has 1 aliphatic rings. The number of para-hydroxylation sites is 2. The molecule has 2 aromatic heterocycles. The van der Waals surface area contributed by atoms with Crippen LogP contribution in [-0.2, 0) is 22.4 Å². The second-order valence-electron chi connectivity index (χ2n) is 8.55. The highest BCUT2D eigenvalue weighted by Gasteiger charge is 2.24. The molecule has 0 bridgehead atoms. The van der Waals surface area contributed by atoms with E-state index in [4.69, 9.17) is 9.72 Å². The molecule has 2 heterocycles. The summed E-state index contributed by atoms with van der Waals surface area (Å²) in [5, 5.41) is 8.18. The minimum absolute atomic E-state index is 0.375. The molecule has 0 atom stereocenters. The molecule has 7 nitrogen and oxygen atoms in total. The number of nitrogens with one attached hydrogen (secondary N) is 1. The maximum Gasteiger partial charge on any atom is 0.339 e. The average Bonchev–Trinajstić information content (AvgIpc) is 3.14. The van der Waals surface area contributed by atoms with E-state index in [2.05, 4.69) is 10.4 Å². The van der Waals surface area contributed by atoms with Crippen LogP contribution < -0.4 is 5.32 Å². The summed E-state index contributed by atoms with van der Waals surface area (Å²) >= 11 is 0. The van der Waals surface area contributed by atoms with E-state index < -0.39 is 11.9 Å². The maximum atomic E-state index is 13.2. The predicted molar refractivity (Wildman–Crippen MR) is 130 cm³/mol. The standard InChI is InChI=1S/C27H26N4O3/c1-17-26(18(2)31(30-17)19-10-4-3-5-11-19)29-24(32)16-34-27(33)25-20-12-6-8-14-22(20)28-23-15-9-7-13-21(23)25/h3-6,8,10-12,14H,7,9,13,15-16H2,1-2H3,(H,29,32). The van der Waals surface area contributed by atoms with Crippen LogP contribution >= 0.6 is 0 Å². The van der Waals surface area contributed by atoms with Gasteiger partial charge in [-0.15, -0.1) is 0 Å². The molecule has 0 radical (unpaired) electrons. The fraction of sp³-hybridized carbons (Fsp3) is 0.259. The van der Waals surface area contributed by atoms with E-state index in [1.165, 1.54) is 0 Å². The van der Waals surface area contributed by atoms with Crippen molar-refractivity contribution < 1.29 is 14.3 Å². The number of rotatable bonds is 5. The summed E-state index contributed by atoms with van der Waals surface area (Å²) in [5.41, 5.74) is 6.25. The first kappa shape index (κ1) is 21.8. The number of fused-ring (bicyclic) bond motifs is 2. The minimum atomic E-state index is -0.486. The summed E-state index contributed by atoms with van der Waals surface area (Å²) in [6.07, 6.45) is 3.72. The van der Waals surface area contributed by atoms with Crippen LogP contribution in [0.1, 0.15) is 45.8 Å². The fourth-order valence-corrected chi connectivity index (χ4v) is 4.63. The second kappa shape index (κ2) is 9.09. The lowest BCUT2D eigenvalue weighted by molar-refractivity contribution is -0.119. The lowest BCUT2D eigenvalue weighted by Gasteiger charge is -2.19. The number of aromatic nitrogens is 3. The lowest BCUT2D eigenvalue weighted by Crippen LogP contribution is -2.23. The van der Waals surface area contributed by atoms with Gasteiger partial charge in [0.1, 0.15) is 0 Å². The highest BCUT2D eigenvalue weighted by molar-refractivity contribution is 6.06. The van der Waals surface area contributed by atoms with Gasteiger partial charge in [0.05, 0.1) is 33.8 Å². The quantitative estimate of drug-likeness (QED) is 0.441. The lowest BCUT2D eigenvalue weighted by atomic mass is 9.90. The number of amides is 1. The van der Waals surface area contributed by atoms with Gasteiger partial charge in [-0.25, -0.2) is 9.48 Å².